The van der Waals surface area contributed by atoms with Crippen LogP contribution in [0.3, 0.4) is 0 Å². The van der Waals surface area contributed by atoms with Crippen molar-refractivity contribution in [2.45, 2.75) is 42.4 Å². The van der Waals surface area contributed by atoms with Crippen LogP contribution in [0.25, 0.3) is 21.7 Å². The minimum Gasteiger partial charge on any atom is -0.369 e. The van der Waals surface area contributed by atoms with Crippen LogP contribution < -0.4 is 10.0 Å². The average Bonchev–Trinajstić information content (AvgIpc) is 3.44. The highest BCUT2D eigenvalue weighted by molar-refractivity contribution is 7.92. The summed E-state index contributed by atoms with van der Waals surface area (Å²) in [7, 11) is -3.84. The van der Waals surface area contributed by atoms with Crippen LogP contribution in [0.2, 0.25) is 0 Å². The van der Waals surface area contributed by atoms with E-state index in [1.165, 1.54) is 12.4 Å². The Morgan fingerprint density at radius 3 is 2.35 bits per heavy atom. The SMILES string of the molecule is COCN(c1ccc(F)c(-c2nc(C3(C(N)=O)CCCCC3)sc2-c2ccncc2)c1F)S(=O)(=O)c1cc(F)ccc1F. The maximum atomic E-state index is 16.5. The topological polar surface area (TPSA) is 115 Å². The molecular weight excluding hydrogens is 608 g/mol. The fourth-order valence-corrected chi connectivity index (χ4v) is 8.03. The minimum absolute atomic E-state index is 0.180. The highest BCUT2D eigenvalue weighted by Crippen LogP contribution is 2.48. The molecular formula is C29H26F4N4O4S2. The number of carbonyl (C=O) groups is 1. The second-order valence-electron chi connectivity index (χ2n) is 10.0. The van der Waals surface area contributed by atoms with Crippen molar-refractivity contribution in [1.82, 2.24) is 9.97 Å². The van der Waals surface area contributed by atoms with E-state index >= 15 is 8.78 Å². The van der Waals surface area contributed by atoms with E-state index in [9.17, 15) is 22.0 Å². The number of hydrogen-bond acceptors (Lipinski definition) is 7. The number of benzene rings is 2. The van der Waals surface area contributed by atoms with Gasteiger partial charge in [-0.15, -0.1) is 11.3 Å². The van der Waals surface area contributed by atoms with E-state index in [4.69, 9.17) is 10.5 Å². The number of pyridine rings is 1. The Labute approximate surface area is 249 Å². The first kappa shape index (κ1) is 30.6. The number of hydrogen-bond donors (Lipinski definition) is 1. The molecule has 1 aliphatic rings. The summed E-state index contributed by atoms with van der Waals surface area (Å²) in [5, 5.41) is 0.286. The summed E-state index contributed by atoms with van der Waals surface area (Å²) < 4.78 is 93.0. The molecule has 0 atom stereocenters. The largest absolute Gasteiger partial charge is 0.369 e. The number of halogens is 4. The number of carbonyl (C=O) groups excluding carboxylic acids is 1. The molecule has 5 rings (SSSR count). The molecule has 14 heteroatoms. The van der Waals surface area contributed by atoms with Gasteiger partial charge in [0.1, 0.15) is 39.5 Å². The predicted molar refractivity (Wildman–Crippen MR) is 153 cm³/mol. The normalized spacial score (nSPS) is 14.9. The maximum Gasteiger partial charge on any atom is 0.269 e. The Morgan fingerprint density at radius 1 is 1.02 bits per heavy atom. The Hall–Kier alpha value is -3.88. The first-order chi connectivity index (χ1) is 20.5. The summed E-state index contributed by atoms with van der Waals surface area (Å²) in [4.78, 5) is 20.6. The molecule has 1 aliphatic carbocycles. The molecule has 0 unspecified atom stereocenters. The number of nitrogens with zero attached hydrogens (tertiary/aromatic N) is 3. The zero-order chi connectivity index (χ0) is 30.9. The van der Waals surface area contributed by atoms with Crippen LogP contribution in [0.4, 0.5) is 23.2 Å². The zero-order valence-corrected chi connectivity index (χ0v) is 24.5. The third kappa shape index (κ3) is 5.50. The molecule has 0 saturated heterocycles. The van der Waals surface area contributed by atoms with Crippen molar-refractivity contribution in [3.05, 3.63) is 83.1 Å². The van der Waals surface area contributed by atoms with Gasteiger partial charge in [-0.25, -0.2) is 35.3 Å². The van der Waals surface area contributed by atoms with E-state index in [1.54, 1.807) is 12.1 Å². The molecule has 8 nitrogen and oxygen atoms in total. The molecule has 2 N–H and O–H groups in total. The molecule has 0 spiro atoms. The molecule has 2 aromatic heterocycles. The van der Waals surface area contributed by atoms with E-state index in [2.05, 4.69) is 9.97 Å². The number of nitrogens with two attached hydrogens (primary N) is 1. The summed E-state index contributed by atoms with van der Waals surface area (Å²) in [6, 6.07) is 6.71. The van der Waals surface area contributed by atoms with Crippen molar-refractivity contribution in [1.29, 1.82) is 0 Å². The zero-order valence-electron chi connectivity index (χ0n) is 22.8. The van der Waals surface area contributed by atoms with Gasteiger partial charge in [0.05, 0.1) is 21.8 Å². The molecule has 1 saturated carbocycles. The third-order valence-electron chi connectivity index (χ3n) is 7.44. The molecule has 43 heavy (non-hydrogen) atoms. The van der Waals surface area contributed by atoms with Gasteiger partial charge in [0, 0.05) is 19.5 Å². The lowest BCUT2D eigenvalue weighted by molar-refractivity contribution is -0.124. The van der Waals surface area contributed by atoms with Crippen molar-refractivity contribution in [2.75, 3.05) is 18.1 Å². The highest BCUT2D eigenvalue weighted by Gasteiger charge is 2.43. The van der Waals surface area contributed by atoms with Crippen molar-refractivity contribution in [2.24, 2.45) is 5.73 Å². The van der Waals surface area contributed by atoms with Crippen molar-refractivity contribution in [3.63, 3.8) is 0 Å². The summed E-state index contributed by atoms with van der Waals surface area (Å²) in [6.45, 7) is -0.815. The lowest BCUT2D eigenvalue weighted by atomic mass is 9.74. The lowest BCUT2D eigenvalue weighted by Gasteiger charge is -2.32. The first-order valence-electron chi connectivity index (χ1n) is 13.2. The van der Waals surface area contributed by atoms with Gasteiger partial charge >= 0.3 is 0 Å². The minimum atomic E-state index is -4.96. The van der Waals surface area contributed by atoms with Crippen molar-refractivity contribution >= 4 is 33.0 Å². The molecule has 4 aromatic rings. The van der Waals surface area contributed by atoms with Gasteiger partial charge in [-0.1, -0.05) is 19.3 Å². The van der Waals surface area contributed by atoms with Crippen LogP contribution >= 0.6 is 11.3 Å². The third-order valence-corrected chi connectivity index (χ3v) is 10.5. The Bertz CT molecular complexity index is 1780. The number of amides is 1. The number of sulfonamides is 1. The van der Waals surface area contributed by atoms with E-state index in [0.29, 0.717) is 52.6 Å². The van der Waals surface area contributed by atoms with Crippen LogP contribution in [0.1, 0.15) is 37.1 Å². The predicted octanol–water partition coefficient (Wildman–Crippen LogP) is 5.91. The van der Waals surface area contributed by atoms with Gasteiger partial charge in [-0.05, 0) is 60.9 Å². The van der Waals surface area contributed by atoms with Gasteiger partial charge in [0.15, 0.2) is 5.82 Å². The summed E-state index contributed by atoms with van der Waals surface area (Å²) in [6.07, 6.45) is 6.09. The van der Waals surface area contributed by atoms with Gasteiger partial charge in [0.2, 0.25) is 5.91 Å². The van der Waals surface area contributed by atoms with Crippen molar-refractivity contribution < 1.29 is 35.5 Å². The summed E-state index contributed by atoms with van der Waals surface area (Å²) in [5.74, 6) is -5.34. The number of rotatable bonds is 9. The molecule has 226 valence electrons. The van der Waals surface area contributed by atoms with Crippen LogP contribution in [-0.2, 0) is 25.0 Å². The van der Waals surface area contributed by atoms with E-state index in [1.807, 2.05) is 0 Å². The van der Waals surface area contributed by atoms with Crippen LogP contribution in [-0.4, -0.2) is 38.1 Å². The highest BCUT2D eigenvalue weighted by atomic mass is 32.2. The van der Waals surface area contributed by atoms with Crippen LogP contribution in [0.15, 0.2) is 59.8 Å². The smallest absolute Gasteiger partial charge is 0.269 e. The fraction of sp³-hybridized carbons (Fsp3) is 0.276. The standard InChI is InChI=1S/C29H26F4N4O4S2/c1-41-16-37(43(39,40)22-15-18(30)5-6-19(22)31)21-8-7-20(32)23(24(21)33)25-26(17-9-13-35-14-10-17)42-28(36-25)29(27(34)38)11-3-2-4-12-29/h5-10,13-15H,2-4,11-12,16H2,1H3,(H2,34,38). The monoisotopic (exact) mass is 634 g/mol. The Morgan fingerprint density at radius 2 is 1.70 bits per heavy atom. The molecule has 0 radical (unpaired) electrons. The number of primary amides is 1. The van der Waals surface area contributed by atoms with Crippen LogP contribution in [0.5, 0.6) is 0 Å². The second-order valence-corrected chi connectivity index (χ2v) is 12.9. The number of thiazole rings is 1. The Kier molecular flexibility index (Phi) is 8.54. The second kappa shape index (κ2) is 12.0. The molecule has 0 aliphatic heterocycles. The molecule has 2 aromatic carbocycles. The average molecular weight is 635 g/mol. The number of anilines is 1. The number of ether oxygens (including phenoxy) is 1. The quantitative estimate of drug-likeness (QED) is 0.181. The summed E-state index contributed by atoms with van der Waals surface area (Å²) in [5.41, 5.74) is 3.67. The van der Waals surface area contributed by atoms with E-state index in [-0.39, 0.29) is 10.7 Å². The van der Waals surface area contributed by atoms with Crippen molar-refractivity contribution in [3.8, 4) is 21.7 Å². The molecule has 0 bridgehead atoms. The summed E-state index contributed by atoms with van der Waals surface area (Å²) >= 11 is 1.07. The van der Waals surface area contributed by atoms with E-state index in [0.717, 1.165) is 43.1 Å². The number of methoxy groups -OCH3 is 1. The van der Waals surface area contributed by atoms with Gasteiger partial charge in [0.25, 0.3) is 10.0 Å². The Balaban J connectivity index is 1.74. The van der Waals surface area contributed by atoms with Gasteiger partial charge in [-0.2, -0.15) is 0 Å². The number of aromatic nitrogens is 2. The van der Waals surface area contributed by atoms with Gasteiger partial charge in [-0.3, -0.25) is 9.78 Å². The van der Waals surface area contributed by atoms with Gasteiger partial charge < -0.3 is 10.5 Å². The van der Waals surface area contributed by atoms with Crippen LogP contribution in [0, 0.1) is 23.3 Å². The molecule has 1 fully saturated rings. The molecule has 1 amide bonds. The fourth-order valence-electron chi connectivity index (χ4n) is 5.24. The lowest BCUT2D eigenvalue weighted by Crippen LogP contribution is -2.42. The van der Waals surface area contributed by atoms with E-state index < -0.39 is 67.5 Å². The first-order valence-corrected chi connectivity index (χ1v) is 15.4. The molecule has 2 heterocycles. The maximum absolute atomic E-state index is 16.5.